The van der Waals surface area contributed by atoms with Crippen molar-refractivity contribution in [2.75, 3.05) is 23.4 Å². The molecule has 0 amide bonds. The quantitative estimate of drug-likeness (QED) is 0.819. The Morgan fingerprint density at radius 3 is 2.95 bits per heavy atom. The first-order chi connectivity index (χ1) is 9.53. The second-order valence-corrected chi connectivity index (χ2v) is 7.59. The van der Waals surface area contributed by atoms with Gasteiger partial charge < -0.3 is 10.1 Å². The SMILES string of the molecule is CCCOc1ccc(Cl)cc1NC1CSCCC1(C)C. The highest BCUT2D eigenvalue weighted by Crippen LogP contribution is 2.38. The monoisotopic (exact) mass is 313 g/mol. The van der Waals surface area contributed by atoms with Gasteiger partial charge in [-0.1, -0.05) is 32.4 Å². The molecule has 1 N–H and O–H groups in total. The maximum atomic E-state index is 6.14. The minimum absolute atomic E-state index is 0.301. The molecule has 4 heteroatoms. The van der Waals surface area contributed by atoms with Crippen molar-refractivity contribution in [1.29, 1.82) is 0 Å². The molecule has 1 fully saturated rings. The molecule has 0 saturated carbocycles. The van der Waals surface area contributed by atoms with E-state index >= 15 is 0 Å². The van der Waals surface area contributed by atoms with E-state index in [1.807, 2.05) is 30.0 Å². The highest BCUT2D eigenvalue weighted by Gasteiger charge is 2.33. The summed E-state index contributed by atoms with van der Waals surface area (Å²) < 4.78 is 5.82. The van der Waals surface area contributed by atoms with Gasteiger partial charge in [-0.15, -0.1) is 0 Å². The topological polar surface area (TPSA) is 21.3 Å². The molecule has 2 rings (SSSR count). The van der Waals surface area contributed by atoms with Gasteiger partial charge in [-0.2, -0.15) is 11.8 Å². The van der Waals surface area contributed by atoms with E-state index in [1.165, 1.54) is 12.2 Å². The number of ether oxygens (including phenoxy) is 1. The molecule has 1 unspecified atom stereocenters. The summed E-state index contributed by atoms with van der Waals surface area (Å²) in [7, 11) is 0. The van der Waals surface area contributed by atoms with E-state index in [0.717, 1.165) is 35.2 Å². The molecule has 2 nitrogen and oxygen atoms in total. The fourth-order valence-corrected chi connectivity index (χ4v) is 4.09. The summed E-state index contributed by atoms with van der Waals surface area (Å²) in [4.78, 5) is 0. The molecule has 1 aliphatic heterocycles. The predicted octanol–water partition coefficient (Wildman–Crippen LogP) is 5.07. The molecule has 112 valence electrons. The number of anilines is 1. The molecule has 0 aromatic heterocycles. The summed E-state index contributed by atoms with van der Waals surface area (Å²) in [5, 5.41) is 4.41. The lowest BCUT2D eigenvalue weighted by Crippen LogP contribution is -2.41. The van der Waals surface area contributed by atoms with Gasteiger partial charge in [-0.25, -0.2) is 0 Å². The largest absolute Gasteiger partial charge is 0.491 e. The van der Waals surface area contributed by atoms with Crippen LogP contribution in [0.5, 0.6) is 5.75 Å². The van der Waals surface area contributed by atoms with Gasteiger partial charge in [-0.05, 0) is 42.2 Å². The highest BCUT2D eigenvalue weighted by molar-refractivity contribution is 7.99. The van der Waals surface area contributed by atoms with Crippen LogP contribution in [0, 0.1) is 5.41 Å². The Labute approximate surface area is 131 Å². The average molecular weight is 314 g/mol. The van der Waals surface area contributed by atoms with E-state index in [1.54, 1.807) is 0 Å². The number of rotatable bonds is 5. The van der Waals surface area contributed by atoms with Gasteiger partial charge in [0.2, 0.25) is 0 Å². The Kier molecular flexibility index (Phi) is 5.50. The maximum Gasteiger partial charge on any atom is 0.142 e. The zero-order valence-electron chi connectivity index (χ0n) is 12.5. The minimum atomic E-state index is 0.301. The van der Waals surface area contributed by atoms with Crippen LogP contribution in [0.3, 0.4) is 0 Å². The van der Waals surface area contributed by atoms with E-state index in [4.69, 9.17) is 16.3 Å². The zero-order valence-corrected chi connectivity index (χ0v) is 14.1. The van der Waals surface area contributed by atoms with Crippen LogP contribution in [0.25, 0.3) is 0 Å². The smallest absolute Gasteiger partial charge is 0.142 e. The Hall–Kier alpha value is -0.540. The van der Waals surface area contributed by atoms with Gasteiger partial charge in [0.25, 0.3) is 0 Å². The lowest BCUT2D eigenvalue weighted by Gasteiger charge is -2.39. The molecule has 1 heterocycles. The number of nitrogens with one attached hydrogen (secondary N) is 1. The predicted molar refractivity (Wildman–Crippen MR) is 90.4 cm³/mol. The third-order valence-electron chi connectivity index (χ3n) is 3.85. The van der Waals surface area contributed by atoms with Crippen LogP contribution in [0.2, 0.25) is 5.02 Å². The van der Waals surface area contributed by atoms with Gasteiger partial charge in [0.05, 0.1) is 12.3 Å². The first-order valence-corrected chi connectivity index (χ1v) is 8.83. The van der Waals surface area contributed by atoms with E-state index in [2.05, 4.69) is 26.1 Å². The number of thioether (sulfide) groups is 1. The van der Waals surface area contributed by atoms with Crippen molar-refractivity contribution in [2.24, 2.45) is 5.41 Å². The normalized spacial score (nSPS) is 21.5. The molecule has 1 aliphatic rings. The van der Waals surface area contributed by atoms with Crippen molar-refractivity contribution in [2.45, 2.75) is 39.7 Å². The molecule has 0 spiro atoms. The molecule has 0 bridgehead atoms. The highest BCUT2D eigenvalue weighted by atomic mass is 35.5. The van der Waals surface area contributed by atoms with Crippen LogP contribution in [-0.4, -0.2) is 24.2 Å². The first-order valence-electron chi connectivity index (χ1n) is 7.29. The first kappa shape index (κ1) is 15.8. The third kappa shape index (κ3) is 3.98. The van der Waals surface area contributed by atoms with Gasteiger partial charge >= 0.3 is 0 Å². The van der Waals surface area contributed by atoms with Crippen LogP contribution in [0.15, 0.2) is 18.2 Å². The van der Waals surface area contributed by atoms with Crippen molar-refractivity contribution in [1.82, 2.24) is 0 Å². The van der Waals surface area contributed by atoms with Crippen LogP contribution in [0.4, 0.5) is 5.69 Å². The van der Waals surface area contributed by atoms with Gasteiger partial charge in [0.1, 0.15) is 5.75 Å². The summed E-state index contributed by atoms with van der Waals surface area (Å²) in [6.45, 7) is 7.52. The standard InChI is InChI=1S/C16H24ClNOS/c1-4-8-19-14-6-5-12(17)10-13(14)18-15-11-20-9-7-16(15,2)3/h5-6,10,15,18H,4,7-9,11H2,1-3H3. The second-order valence-electron chi connectivity index (χ2n) is 6.00. The Bertz CT molecular complexity index is 450. The fourth-order valence-electron chi connectivity index (χ4n) is 2.31. The summed E-state index contributed by atoms with van der Waals surface area (Å²) >= 11 is 8.16. The Balaban J connectivity index is 2.16. The van der Waals surface area contributed by atoms with Crippen LogP contribution >= 0.6 is 23.4 Å². The zero-order chi connectivity index (χ0) is 14.6. The number of hydrogen-bond donors (Lipinski definition) is 1. The van der Waals surface area contributed by atoms with Gasteiger partial charge in [0, 0.05) is 16.8 Å². The van der Waals surface area contributed by atoms with Crippen molar-refractivity contribution >= 4 is 29.1 Å². The van der Waals surface area contributed by atoms with Crippen LogP contribution in [0.1, 0.15) is 33.6 Å². The van der Waals surface area contributed by atoms with E-state index in [0.29, 0.717) is 11.5 Å². The van der Waals surface area contributed by atoms with Crippen molar-refractivity contribution in [3.05, 3.63) is 23.2 Å². The van der Waals surface area contributed by atoms with E-state index in [-0.39, 0.29) is 0 Å². The Morgan fingerprint density at radius 2 is 2.25 bits per heavy atom. The molecule has 1 saturated heterocycles. The molecule has 20 heavy (non-hydrogen) atoms. The summed E-state index contributed by atoms with van der Waals surface area (Å²) in [6.07, 6.45) is 2.24. The molecule has 0 aliphatic carbocycles. The summed E-state index contributed by atoms with van der Waals surface area (Å²) in [5.41, 5.74) is 1.32. The summed E-state index contributed by atoms with van der Waals surface area (Å²) in [5.74, 6) is 3.29. The van der Waals surface area contributed by atoms with Crippen molar-refractivity contribution < 1.29 is 4.74 Å². The van der Waals surface area contributed by atoms with Crippen molar-refractivity contribution in [3.8, 4) is 5.75 Å². The molecular formula is C16H24ClNOS. The maximum absolute atomic E-state index is 6.14. The molecule has 1 aromatic carbocycles. The average Bonchev–Trinajstić information content (AvgIpc) is 2.40. The van der Waals surface area contributed by atoms with Crippen LogP contribution in [-0.2, 0) is 0 Å². The van der Waals surface area contributed by atoms with Gasteiger partial charge in [0.15, 0.2) is 0 Å². The molecule has 1 atom stereocenters. The lowest BCUT2D eigenvalue weighted by molar-refractivity contribution is 0.300. The molecule has 1 aromatic rings. The molecular weight excluding hydrogens is 290 g/mol. The number of hydrogen-bond acceptors (Lipinski definition) is 3. The minimum Gasteiger partial charge on any atom is -0.491 e. The number of benzene rings is 1. The van der Waals surface area contributed by atoms with Crippen LogP contribution < -0.4 is 10.1 Å². The summed E-state index contributed by atoms with van der Waals surface area (Å²) in [6, 6.07) is 6.27. The second kappa shape index (κ2) is 6.95. The third-order valence-corrected chi connectivity index (χ3v) is 5.15. The van der Waals surface area contributed by atoms with Gasteiger partial charge in [-0.3, -0.25) is 0 Å². The fraction of sp³-hybridized carbons (Fsp3) is 0.625. The molecule has 0 radical (unpaired) electrons. The lowest BCUT2D eigenvalue weighted by atomic mass is 9.82. The van der Waals surface area contributed by atoms with Crippen molar-refractivity contribution in [3.63, 3.8) is 0 Å². The van der Waals surface area contributed by atoms with E-state index in [9.17, 15) is 0 Å². The van der Waals surface area contributed by atoms with E-state index < -0.39 is 0 Å². The Morgan fingerprint density at radius 1 is 1.45 bits per heavy atom. The number of halogens is 1.